The normalized spacial score (nSPS) is 19.4. The highest BCUT2D eigenvalue weighted by Crippen LogP contribution is 2.20. The number of rotatable bonds is 4. The molecule has 5 nitrogen and oxygen atoms in total. The second-order valence-electron chi connectivity index (χ2n) is 4.94. The van der Waals surface area contributed by atoms with E-state index in [1.54, 1.807) is 6.07 Å². The Labute approximate surface area is 112 Å². The van der Waals surface area contributed by atoms with Gasteiger partial charge in [0.2, 0.25) is 0 Å². The van der Waals surface area contributed by atoms with Crippen molar-refractivity contribution in [1.82, 2.24) is 9.47 Å². The first-order valence-electron chi connectivity index (χ1n) is 6.84. The number of aliphatic carboxylic acids is 1. The van der Waals surface area contributed by atoms with Crippen LogP contribution < -0.4 is 0 Å². The summed E-state index contributed by atoms with van der Waals surface area (Å²) < 4.78 is 1.90. The van der Waals surface area contributed by atoms with Crippen LogP contribution in [0.3, 0.4) is 0 Å². The van der Waals surface area contributed by atoms with Crippen LogP contribution in [0.25, 0.3) is 0 Å². The number of hydrogen-bond donors (Lipinski definition) is 1. The van der Waals surface area contributed by atoms with Gasteiger partial charge in [0, 0.05) is 19.3 Å². The number of nitrogens with zero attached hydrogens (tertiary/aromatic N) is 2. The summed E-state index contributed by atoms with van der Waals surface area (Å²) in [7, 11) is 0. The standard InChI is InChI=1S/C14H20N2O3/c1-2-8-15-9-5-7-11(15)13(17)16-10-4-3-6-12(16)14(18)19/h5,7,9,12H,2-4,6,8,10H2,1H3,(H,18,19). The van der Waals surface area contributed by atoms with Crippen LogP contribution in [0.1, 0.15) is 43.1 Å². The number of hydrogen-bond acceptors (Lipinski definition) is 2. The molecule has 2 rings (SSSR count). The third-order valence-electron chi connectivity index (χ3n) is 3.56. The van der Waals surface area contributed by atoms with E-state index in [1.165, 1.54) is 4.90 Å². The highest BCUT2D eigenvalue weighted by atomic mass is 16.4. The molecule has 1 saturated heterocycles. The summed E-state index contributed by atoms with van der Waals surface area (Å²) in [5.74, 6) is -1.06. The van der Waals surface area contributed by atoms with Crippen LogP contribution >= 0.6 is 0 Å². The molecule has 0 bridgehead atoms. The summed E-state index contributed by atoms with van der Waals surface area (Å²) in [5.41, 5.74) is 0.593. The van der Waals surface area contributed by atoms with Gasteiger partial charge in [-0.3, -0.25) is 4.79 Å². The number of carboxylic acids is 1. The van der Waals surface area contributed by atoms with Gasteiger partial charge in [-0.15, -0.1) is 0 Å². The molecule has 1 aromatic rings. The third kappa shape index (κ3) is 2.80. The Morgan fingerprint density at radius 2 is 2.21 bits per heavy atom. The summed E-state index contributed by atoms with van der Waals surface area (Å²) in [5, 5.41) is 9.23. The van der Waals surface area contributed by atoms with E-state index in [0.29, 0.717) is 18.7 Å². The summed E-state index contributed by atoms with van der Waals surface area (Å²) >= 11 is 0. The van der Waals surface area contributed by atoms with Crippen molar-refractivity contribution >= 4 is 11.9 Å². The number of carbonyl (C=O) groups excluding carboxylic acids is 1. The van der Waals surface area contributed by atoms with Gasteiger partial charge in [-0.2, -0.15) is 0 Å². The predicted octanol–water partition coefficient (Wildman–Crippen LogP) is 1.98. The molecule has 2 heterocycles. The summed E-state index contributed by atoms with van der Waals surface area (Å²) in [6.07, 6.45) is 5.12. The van der Waals surface area contributed by atoms with E-state index in [9.17, 15) is 14.7 Å². The fourth-order valence-electron chi connectivity index (χ4n) is 2.62. The Hall–Kier alpha value is -1.78. The lowest BCUT2D eigenvalue weighted by Crippen LogP contribution is -2.48. The average Bonchev–Trinajstić information content (AvgIpc) is 2.86. The van der Waals surface area contributed by atoms with Gasteiger partial charge in [0.05, 0.1) is 0 Å². The van der Waals surface area contributed by atoms with Crippen LogP contribution in [-0.2, 0) is 11.3 Å². The monoisotopic (exact) mass is 264 g/mol. The van der Waals surface area contributed by atoms with E-state index in [2.05, 4.69) is 6.92 Å². The second kappa shape index (κ2) is 5.91. The molecular weight excluding hydrogens is 244 g/mol. The minimum atomic E-state index is -0.901. The molecule has 1 atom stereocenters. The summed E-state index contributed by atoms with van der Waals surface area (Å²) in [6, 6.07) is 2.93. The summed E-state index contributed by atoms with van der Waals surface area (Å²) in [4.78, 5) is 25.3. The fraction of sp³-hybridized carbons (Fsp3) is 0.571. The topological polar surface area (TPSA) is 62.5 Å². The van der Waals surface area contributed by atoms with E-state index in [0.717, 1.165) is 25.8 Å². The van der Waals surface area contributed by atoms with E-state index in [-0.39, 0.29) is 5.91 Å². The molecule has 1 N–H and O–H groups in total. The number of aromatic nitrogens is 1. The SMILES string of the molecule is CCCn1cccc1C(=O)N1CCCCC1C(=O)O. The number of carboxylic acid groups (broad SMARTS) is 1. The second-order valence-corrected chi connectivity index (χ2v) is 4.94. The molecule has 19 heavy (non-hydrogen) atoms. The third-order valence-corrected chi connectivity index (χ3v) is 3.56. The first kappa shape index (κ1) is 13.6. The van der Waals surface area contributed by atoms with Crippen LogP contribution in [0.4, 0.5) is 0 Å². The van der Waals surface area contributed by atoms with Gasteiger partial charge in [-0.05, 0) is 37.8 Å². The highest BCUT2D eigenvalue weighted by molar-refractivity contribution is 5.95. The van der Waals surface area contributed by atoms with Gasteiger partial charge in [0.25, 0.3) is 5.91 Å². The molecular formula is C14H20N2O3. The Morgan fingerprint density at radius 3 is 2.89 bits per heavy atom. The van der Waals surface area contributed by atoms with Crippen LogP contribution in [0.2, 0.25) is 0 Å². The smallest absolute Gasteiger partial charge is 0.326 e. The van der Waals surface area contributed by atoms with Gasteiger partial charge in [-0.1, -0.05) is 6.92 Å². The Kier molecular flexibility index (Phi) is 4.24. The molecule has 104 valence electrons. The van der Waals surface area contributed by atoms with Crippen LogP contribution in [0.15, 0.2) is 18.3 Å². The number of aryl methyl sites for hydroxylation is 1. The van der Waals surface area contributed by atoms with Crippen molar-refractivity contribution in [2.75, 3.05) is 6.54 Å². The molecule has 0 aliphatic carbocycles. The van der Waals surface area contributed by atoms with Crippen molar-refractivity contribution in [2.45, 2.75) is 45.2 Å². The molecule has 1 amide bonds. The van der Waals surface area contributed by atoms with Gasteiger partial charge in [0.15, 0.2) is 0 Å². The van der Waals surface area contributed by atoms with Crippen LogP contribution in [0, 0.1) is 0 Å². The zero-order valence-corrected chi connectivity index (χ0v) is 11.2. The van der Waals surface area contributed by atoms with E-state index < -0.39 is 12.0 Å². The van der Waals surface area contributed by atoms with Crippen LogP contribution in [-0.4, -0.2) is 39.0 Å². The maximum atomic E-state index is 12.5. The Balaban J connectivity index is 2.21. The van der Waals surface area contributed by atoms with E-state index in [1.807, 2.05) is 16.8 Å². The summed E-state index contributed by atoms with van der Waals surface area (Å²) in [6.45, 7) is 3.36. The van der Waals surface area contributed by atoms with Crippen molar-refractivity contribution < 1.29 is 14.7 Å². The lowest BCUT2D eigenvalue weighted by molar-refractivity contribution is -0.143. The predicted molar refractivity (Wildman–Crippen MR) is 71.0 cm³/mol. The maximum Gasteiger partial charge on any atom is 0.326 e. The first-order chi connectivity index (χ1) is 9.15. The molecule has 1 aliphatic heterocycles. The molecule has 0 spiro atoms. The maximum absolute atomic E-state index is 12.5. The quantitative estimate of drug-likeness (QED) is 0.904. The van der Waals surface area contributed by atoms with Crippen molar-refractivity contribution in [1.29, 1.82) is 0 Å². The zero-order valence-electron chi connectivity index (χ0n) is 11.2. The van der Waals surface area contributed by atoms with Gasteiger partial charge >= 0.3 is 5.97 Å². The molecule has 0 saturated carbocycles. The minimum Gasteiger partial charge on any atom is -0.480 e. The van der Waals surface area contributed by atoms with Crippen molar-refractivity contribution in [2.24, 2.45) is 0 Å². The fourth-order valence-corrected chi connectivity index (χ4v) is 2.62. The van der Waals surface area contributed by atoms with Crippen molar-refractivity contribution in [3.05, 3.63) is 24.0 Å². The molecule has 1 fully saturated rings. The minimum absolute atomic E-state index is 0.162. The lowest BCUT2D eigenvalue weighted by Gasteiger charge is -2.33. The number of amides is 1. The molecule has 0 aromatic carbocycles. The van der Waals surface area contributed by atoms with Crippen molar-refractivity contribution in [3.63, 3.8) is 0 Å². The number of carbonyl (C=O) groups is 2. The van der Waals surface area contributed by atoms with E-state index >= 15 is 0 Å². The van der Waals surface area contributed by atoms with E-state index in [4.69, 9.17) is 0 Å². The van der Waals surface area contributed by atoms with Crippen LogP contribution in [0.5, 0.6) is 0 Å². The van der Waals surface area contributed by atoms with Gasteiger partial charge in [-0.25, -0.2) is 4.79 Å². The molecule has 1 aromatic heterocycles. The largest absolute Gasteiger partial charge is 0.480 e. The first-order valence-corrected chi connectivity index (χ1v) is 6.84. The number of piperidine rings is 1. The molecule has 1 unspecified atom stereocenters. The molecule has 0 radical (unpaired) electrons. The Morgan fingerprint density at radius 1 is 1.42 bits per heavy atom. The lowest BCUT2D eigenvalue weighted by atomic mass is 10.0. The highest BCUT2D eigenvalue weighted by Gasteiger charge is 2.33. The molecule has 1 aliphatic rings. The molecule has 5 heteroatoms. The Bertz CT molecular complexity index is 467. The average molecular weight is 264 g/mol. The van der Waals surface area contributed by atoms with Crippen molar-refractivity contribution in [3.8, 4) is 0 Å². The van der Waals surface area contributed by atoms with Gasteiger partial charge in [0.1, 0.15) is 11.7 Å². The zero-order chi connectivity index (χ0) is 13.8. The van der Waals surface area contributed by atoms with Gasteiger partial charge < -0.3 is 14.6 Å². The number of likely N-dealkylation sites (tertiary alicyclic amines) is 1.